The van der Waals surface area contributed by atoms with Gasteiger partial charge < -0.3 is 9.64 Å². The summed E-state index contributed by atoms with van der Waals surface area (Å²) in [6.45, 7) is -0.735. The number of carbonyl (C=O) groups excluding carboxylic acids is 2. The first-order valence-corrected chi connectivity index (χ1v) is 9.24. The number of nitrogens with one attached hydrogen (secondary N) is 1. The van der Waals surface area contributed by atoms with Gasteiger partial charge in [0.2, 0.25) is 16.9 Å². The summed E-state index contributed by atoms with van der Waals surface area (Å²) in [5, 5.41) is 11.8. The average molecular weight is 396 g/mol. The SMILES string of the molecule is CCc1nnc(NC(=O)[C@H]2CCC(=O)N2Cc2ccc(OC(F)F)cc2)s1. The molecule has 0 saturated carbocycles. The Balaban J connectivity index is 1.65. The van der Waals surface area contributed by atoms with Crippen molar-refractivity contribution in [3.8, 4) is 5.75 Å². The van der Waals surface area contributed by atoms with Gasteiger partial charge in [-0.2, -0.15) is 8.78 Å². The summed E-state index contributed by atoms with van der Waals surface area (Å²) >= 11 is 1.30. The van der Waals surface area contributed by atoms with Crippen LogP contribution in [0.25, 0.3) is 0 Å². The van der Waals surface area contributed by atoms with Gasteiger partial charge in [-0.05, 0) is 30.5 Å². The van der Waals surface area contributed by atoms with Crippen LogP contribution in [0, 0.1) is 0 Å². The Bertz CT molecular complexity index is 813. The molecule has 0 aliphatic carbocycles. The largest absolute Gasteiger partial charge is 0.435 e. The average Bonchev–Trinajstić information content (AvgIpc) is 3.23. The minimum Gasteiger partial charge on any atom is -0.435 e. The molecule has 7 nitrogen and oxygen atoms in total. The first kappa shape index (κ1) is 19.2. The van der Waals surface area contributed by atoms with Crippen LogP contribution in [-0.4, -0.2) is 39.6 Å². The third kappa shape index (κ3) is 4.76. The highest BCUT2D eigenvalue weighted by Crippen LogP contribution is 2.25. The fourth-order valence-electron chi connectivity index (χ4n) is 2.81. The number of hydrogen-bond acceptors (Lipinski definition) is 6. The van der Waals surface area contributed by atoms with Gasteiger partial charge in [-0.3, -0.25) is 14.9 Å². The maximum absolute atomic E-state index is 12.6. The third-order valence-corrected chi connectivity index (χ3v) is 5.11. The van der Waals surface area contributed by atoms with Gasteiger partial charge >= 0.3 is 6.61 Å². The maximum atomic E-state index is 12.6. The number of halogens is 2. The summed E-state index contributed by atoms with van der Waals surface area (Å²) in [7, 11) is 0. The van der Waals surface area contributed by atoms with E-state index in [9.17, 15) is 18.4 Å². The molecule has 1 aromatic heterocycles. The van der Waals surface area contributed by atoms with Crippen LogP contribution >= 0.6 is 11.3 Å². The topological polar surface area (TPSA) is 84.4 Å². The molecule has 1 saturated heterocycles. The Morgan fingerprint density at radius 3 is 2.74 bits per heavy atom. The van der Waals surface area contributed by atoms with Gasteiger partial charge in [-0.15, -0.1) is 10.2 Å². The van der Waals surface area contributed by atoms with Crippen LogP contribution in [0.5, 0.6) is 5.75 Å². The Kier molecular flexibility index (Phi) is 5.94. The van der Waals surface area contributed by atoms with Crippen LogP contribution < -0.4 is 10.1 Å². The van der Waals surface area contributed by atoms with E-state index in [2.05, 4.69) is 20.3 Å². The zero-order chi connectivity index (χ0) is 19.4. The molecule has 1 aromatic carbocycles. The molecule has 1 atom stereocenters. The Hall–Kier alpha value is -2.62. The highest BCUT2D eigenvalue weighted by Gasteiger charge is 2.36. The standard InChI is InChI=1S/C17H18F2N4O3S/c1-2-13-21-22-17(27-13)20-15(25)12-7-8-14(24)23(12)9-10-3-5-11(6-4-10)26-16(18)19/h3-6,12,16H,2,7-9H2,1H3,(H,20,22,25)/t12-/m1/s1. The molecule has 1 aliphatic rings. The van der Waals surface area contributed by atoms with Crippen LogP contribution in [0.3, 0.4) is 0 Å². The second-order valence-electron chi connectivity index (χ2n) is 5.94. The van der Waals surface area contributed by atoms with E-state index >= 15 is 0 Å². The van der Waals surface area contributed by atoms with E-state index in [-0.39, 0.29) is 30.5 Å². The number of likely N-dealkylation sites (tertiary alicyclic amines) is 1. The molecule has 0 spiro atoms. The first-order valence-electron chi connectivity index (χ1n) is 8.42. The fraction of sp³-hybridized carbons (Fsp3) is 0.412. The maximum Gasteiger partial charge on any atom is 0.387 e. The molecule has 144 valence electrons. The zero-order valence-corrected chi connectivity index (χ0v) is 15.3. The summed E-state index contributed by atoms with van der Waals surface area (Å²) in [5.74, 6) is -0.398. The van der Waals surface area contributed by atoms with Crippen molar-refractivity contribution < 1.29 is 23.1 Å². The van der Waals surface area contributed by atoms with Gasteiger partial charge in [0, 0.05) is 13.0 Å². The number of anilines is 1. The van der Waals surface area contributed by atoms with Gasteiger partial charge in [0.25, 0.3) is 0 Å². The second-order valence-corrected chi connectivity index (χ2v) is 7.00. The van der Waals surface area contributed by atoms with Gasteiger partial charge in [0.05, 0.1) is 0 Å². The summed E-state index contributed by atoms with van der Waals surface area (Å²) in [6, 6.07) is 5.39. The lowest BCUT2D eigenvalue weighted by Crippen LogP contribution is -2.41. The normalized spacial score (nSPS) is 16.8. The van der Waals surface area contributed by atoms with Crippen molar-refractivity contribution in [1.82, 2.24) is 15.1 Å². The summed E-state index contributed by atoms with van der Waals surface area (Å²) in [4.78, 5) is 26.3. The number of carbonyl (C=O) groups is 2. The number of aryl methyl sites for hydroxylation is 1. The van der Waals surface area contributed by atoms with Crippen LogP contribution in [0.15, 0.2) is 24.3 Å². The molecular weight excluding hydrogens is 378 g/mol. The number of rotatable bonds is 7. The molecule has 1 aliphatic heterocycles. The van der Waals surface area contributed by atoms with Crippen molar-refractivity contribution >= 4 is 28.3 Å². The van der Waals surface area contributed by atoms with E-state index in [0.29, 0.717) is 17.1 Å². The molecular formula is C17H18F2N4O3S. The minimum absolute atomic E-state index is 0.0405. The quantitative estimate of drug-likeness (QED) is 0.778. The number of ether oxygens (including phenoxy) is 1. The molecule has 0 bridgehead atoms. The Morgan fingerprint density at radius 1 is 1.37 bits per heavy atom. The molecule has 0 radical (unpaired) electrons. The van der Waals surface area contributed by atoms with Crippen LogP contribution in [0.2, 0.25) is 0 Å². The molecule has 1 fully saturated rings. The zero-order valence-electron chi connectivity index (χ0n) is 14.5. The smallest absolute Gasteiger partial charge is 0.387 e. The highest BCUT2D eigenvalue weighted by atomic mass is 32.1. The number of benzene rings is 1. The molecule has 2 amide bonds. The van der Waals surface area contributed by atoms with Crippen molar-refractivity contribution in [2.75, 3.05) is 5.32 Å². The van der Waals surface area contributed by atoms with E-state index in [0.717, 1.165) is 11.4 Å². The highest BCUT2D eigenvalue weighted by molar-refractivity contribution is 7.15. The van der Waals surface area contributed by atoms with E-state index in [1.165, 1.54) is 28.4 Å². The van der Waals surface area contributed by atoms with Crippen molar-refractivity contribution in [2.24, 2.45) is 0 Å². The Labute approximate surface area is 158 Å². The van der Waals surface area contributed by atoms with Crippen molar-refractivity contribution in [3.05, 3.63) is 34.8 Å². The number of aromatic nitrogens is 2. The molecule has 1 N–H and O–H groups in total. The van der Waals surface area contributed by atoms with Gasteiger partial charge in [0.1, 0.15) is 16.8 Å². The minimum atomic E-state index is -2.89. The van der Waals surface area contributed by atoms with Crippen LogP contribution in [0.4, 0.5) is 13.9 Å². The third-order valence-electron chi connectivity index (χ3n) is 4.13. The van der Waals surface area contributed by atoms with Gasteiger partial charge in [-0.1, -0.05) is 30.4 Å². The summed E-state index contributed by atoms with van der Waals surface area (Å²) in [6.07, 6.45) is 1.42. The summed E-state index contributed by atoms with van der Waals surface area (Å²) in [5.41, 5.74) is 0.717. The lowest BCUT2D eigenvalue weighted by Gasteiger charge is -2.23. The molecule has 27 heavy (non-hydrogen) atoms. The van der Waals surface area contributed by atoms with E-state index in [4.69, 9.17) is 0 Å². The molecule has 0 unspecified atom stereocenters. The molecule has 2 aromatic rings. The fourth-order valence-corrected chi connectivity index (χ4v) is 3.50. The molecule has 3 rings (SSSR count). The van der Waals surface area contributed by atoms with Gasteiger partial charge in [-0.25, -0.2) is 0 Å². The van der Waals surface area contributed by atoms with E-state index < -0.39 is 12.7 Å². The Morgan fingerprint density at radius 2 is 2.11 bits per heavy atom. The van der Waals surface area contributed by atoms with Crippen molar-refractivity contribution in [2.45, 2.75) is 45.4 Å². The monoisotopic (exact) mass is 396 g/mol. The van der Waals surface area contributed by atoms with Crippen LogP contribution in [0.1, 0.15) is 30.3 Å². The lowest BCUT2D eigenvalue weighted by molar-refractivity contribution is -0.133. The van der Waals surface area contributed by atoms with E-state index in [1.54, 1.807) is 12.1 Å². The first-order chi connectivity index (χ1) is 13.0. The predicted molar refractivity (Wildman–Crippen MR) is 94.6 cm³/mol. The lowest BCUT2D eigenvalue weighted by atomic mass is 10.1. The second kappa shape index (κ2) is 8.38. The van der Waals surface area contributed by atoms with Gasteiger partial charge in [0.15, 0.2) is 0 Å². The van der Waals surface area contributed by atoms with Crippen molar-refractivity contribution in [1.29, 1.82) is 0 Å². The summed E-state index contributed by atoms with van der Waals surface area (Å²) < 4.78 is 28.7. The van der Waals surface area contributed by atoms with E-state index in [1.807, 2.05) is 6.92 Å². The van der Waals surface area contributed by atoms with Crippen molar-refractivity contribution in [3.63, 3.8) is 0 Å². The predicted octanol–water partition coefficient (Wildman–Crippen LogP) is 2.83. The number of nitrogens with zero attached hydrogens (tertiary/aromatic N) is 3. The number of amides is 2. The number of hydrogen-bond donors (Lipinski definition) is 1. The van der Waals surface area contributed by atoms with Crippen LogP contribution in [-0.2, 0) is 22.6 Å². The number of alkyl halides is 2. The molecule has 2 heterocycles. The molecule has 10 heteroatoms.